The summed E-state index contributed by atoms with van der Waals surface area (Å²) >= 11 is 0. The summed E-state index contributed by atoms with van der Waals surface area (Å²) in [5.74, 6) is -0.700. The predicted molar refractivity (Wildman–Crippen MR) is 260 cm³/mol. The third-order valence-corrected chi connectivity index (χ3v) is 12.2. The van der Waals surface area contributed by atoms with Gasteiger partial charge < -0.3 is 15.0 Å². The number of carboxylic acid groups (broad SMARTS) is 1. The minimum Gasteiger partial charge on any atom is -0.481 e. The zero-order chi connectivity index (χ0) is 43.3. The van der Waals surface area contributed by atoms with Crippen molar-refractivity contribution in [3.63, 3.8) is 0 Å². The van der Waals surface area contributed by atoms with Gasteiger partial charge in [0.05, 0.1) is 34.2 Å². The largest absolute Gasteiger partial charge is 0.481 e. The van der Waals surface area contributed by atoms with E-state index in [-0.39, 0.29) is 6.42 Å². The molecule has 0 unspecified atom stereocenters. The number of unbranched alkanes of at least 4 members (excludes halogenated alkanes) is 6. The number of aliphatic imine (C=N–C) groups is 3. The van der Waals surface area contributed by atoms with Crippen molar-refractivity contribution in [2.75, 3.05) is 6.54 Å². The number of nitrogens with zero attached hydrogens (tertiary/aromatic N) is 4. The molecule has 7 nitrogen and oxygen atoms in total. The number of allylic oxidation sites excluding steroid dienone is 12. The first-order valence-corrected chi connectivity index (χ1v) is 22.3. The maximum absolute atomic E-state index is 10.8. The molecule has 2 N–H and O–H groups in total. The Labute approximate surface area is 370 Å². The molecule has 0 atom stereocenters. The molecule has 9 rings (SSSR count). The van der Waals surface area contributed by atoms with Crippen LogP contribution in [0.15, 0.2) is 184 Å². The summed E-state index contributed by atoms with van der Waals surface area (Å²) in [4.78, 5) is 33.2. The van der Waals surface area contributed by atoms with Crippen LogP contribution in [0.1, 0.15) is 96.1 Å². The fourth-order valence-corrected chi connectivity index (χ4v) is 8.73. The maximum Gasteiger partial charge on any atom is 0.303 e. The lowest BCUT2D eigenvalue weighted by molar-refractivity contribution is -0.137. The van der Waals surface area contributed by atoms with Gasteiger partial charge in [0, 0.05) is 59.0 Å². The second-order valence-corrected chi connectivity index (χ2v) is 17.0. The Morgan fingerprint density at radius 1 is 0.476 bits per heavy atom. The van der Waals surface area contributed by atoms with Crippen molar-refractivity contribution >= 4 is 45.4 Å². The molecule has 5 aliphatic heterocycles. The summed E-state index contributed by atoms with van der Waals surface area (Å²) < 4.78 is 0. The van der Waals surface area contributed by atoms with Crippen molar-refractivity contribution in [2.24, 2.45) is 15.0 Å². The fourth-order valence-electron chi connectivity index (χ4n) is 8.73. The number of H-pyrrole nitrogens is 1. The first-order chi connectivity index (χ1) is 30.8. The first-order valence-electron chi connectivity index (χ1n) is 22.3. The quantitative estimate of drug-likeness (QED) is 0.131. The van der Waals surface area contributed by atoms with E-state index in [0.717, 1.165) is 135 Å². The lowest BCUT2D eigenvalue weighted by atomic mass is 9.97. The lowest BCUT2D eigenvalue weighted by Gasteiger charge is -2.20. The van der Waals surface area contributed by atoms with Crippen molar-refractivity contribution in [1.82, 2.24) is 9.88 Å². The van der Waals surface area contributed by atoms with Gasteiger partial charge in [-0.15, -0.1) is 0 Å². The van der Waals surface area contributed by atoms with Gasteiger partial charge in [0.1, 0.15) is 0 Å². The molecule has 0 fully saturated rings. The Hall–Kier alpha value is -7.12. The highest BCUT2D eigenvalue weighted by atomic mass is 16.4. The van der Waals surface area contributed by atoms with Gasteiger partial charge in [-0.3, -0.25) is 4.79 Å². The summed E-state index contributed by atoms with van der Waals surface area (Å²) in [5, 5.41) is 8.89. The van der Waals surface area contributed by atoms with Crippen LogP contribution in [0.2, 0.25) is 0 Å². The minimum atomic E-state index is -0.700. The molecule has 0 spiro atoms. The highest BCUT2D eigenvalue weighted by Gasteiger charge is 2.27. The van der Waals surface area contributed by atoms with E-state index in [9.17, 15) is 4.79 Å². The van der Waals surface area contributed by atoms with Crippen LogP contribution in [0.5, 0.6) is 0 Å². The molecule has 0 radical (unpaired) electrons. The Morgan fingerprint density at radius 3 is 1.35 bits per heavy atom. The van der Waals surface area contributed by atoms with Crippen molar-refractivity contribution in [1.29, 1.82) is 0 Å². The van der Waals surface area contributed by atoms with E-state index in [1.54, 1.807) is 0 Å². The van der Waals surface area contributed by atoms with Crippen molar-refractivity contribution in [3.8, 4) is 0 Å². The number of carbonyl (C=O) groups is 1. The molecular weight excluding hydrogens is 775 g/mol. The molecule has 7 heteroatoms. The van der Waals surface area contributed by atoms with Crippen LogP contribution >= 0.6 is 0 Å². The number of rotatable bonds is 13. The normalized spacial score (nSPS) is 16.6. The number of hydrogen-bond donors (Lipinski definition) is 2. The van der Waals surface area contributed by atoms with E-state index in [2.05, 4.69) is 177 Å². The van der Waals surface area contributed by atoms with Crippen molar-refractivity contribution in [2.45, 2.75) is 72.1 Å². The van der Waals surface area contributed by atoms with Gasteiger partial charge in [-0.25, -0.2) is 15.0 Å². The average Bonchev–Trinajstić information content (AvgIpc) is 4.14. The topological polar surface area (TPSA) is 93.4 Å². The number of aliphatic carboxylic acids is 1. The number of nitrogens with one attached hydrogen (secondary N) is 1. The number of aromatic amines is 1. The van der Waals surface area contributed by atoms with Crippen LogP contribution in [-0.2, 0) is 4.79 Å². The lowest BCUT2D eigenvalue weighted by Crippen LogP contribution is -2.14. The number of aryl methyl sites for hydroxylation is 3. The molecule has 0 saturated heterocycles. The van der Waals surface area contributed by atoms with Crippen LogP contribution in [-0.4, -0.2) is 44.6 Å². The van der Waals surface area contributed by atoms with E-state index in [4.69, 9.17) is 20.1 Å². The van der Waals surface area contributed by atoms with Gasteiger partial charge in [-0.1, -0.05) is 122 Å². The van der Waals surface area contributed by atoms with Crippen LogP contribution in [0, 0.1) is 20.8 Å². The SMILES string of the molecule is Cc1ccc(C2=C3C=CC(=N3)C(c3ccc(C)cc3)=C3C=CC(=N3)C(=C3C=CN(CCCCCCCCCC(=O)O)C=C3)c3ccc([nH]3)C(c3ccc(C)cc3)=C3C=CC2=N3)cc1. The Balaban J connectivity index is 1.14. The van der Waals surface area contributed by atoms with Gasteiger partial charge >= 0.3 is 5.97 Å². The fraction of sp³-hybridized carbons (Fsp3) is 0.214. The zero-order valence-electron chi connectivity index (χ0n) is 36.4. The standard InChI is InChI=1S/C56H53N5O2/c1-37-12-18-40(19-13-37)53-44-24-26-46(57-44)54(41-20-14-38(2)15-21-41)48-28-30-50(59-48)56(43-32-35-61(36-33-43)34-10-8-6-4-5-7-9-11-52(62)63)51-31-29-49(60-51)55(47-27-25-45(53)58-47)42-22-16-39(3)17-23-42/h12-33,35-36,59H,4-11,34H2,1-3H3,(H,62,63). The Bertz CT molecular complexity index is 2810. The van der Waals surface area contributed by atoms with Gasteiger partial charge in [0.25, 0.3) is 0 Å². The number of benzene rings is 3. The molecule has 0 amide bonds. The summed E-state index contributed by atoms with van der Waals surface area (Å²) in [5.41, 5.74) is 19.0. The van der Waals surface area contributed by atoms with E-state index >= 15 is 0 Å². The van der Waals surface area contributed by atoms with Crippen LogP contribution in [0.3, 0.4) is 0 Å². The number of aromatic nitrogens is 1. The van der Waals surface area contributed by atoms with Crippen LogP contribution in [0.4, 0.5) is 0 Å². The van der Waals surface area contributed by atoms with E-state index in [0.29, 0.717) is 0 Å². The highest BCUT2D eigenvalue weighted by Crippen LogP contribution is 2.39. The monoisotopic (exact) mass is 827 g/mol. The molecule has 1 aromatic heterocycles. The molecule has 0 saturated carbocycles. The summed E-state index contributed by atoms with van der Waals surface area (Å²) in [7, 11) is 0. The van der Waals surface area contributed by atoms with Gasteiger partial charge in [0.2, 0.25) is 0 Å². The molecule has 314 valence electrons. The molecule has 8 bridgehead atoms. The second kappa shape index (κ2) is 18.5. The highest BCUT2D eigenvalue weighted by molar-refractivity contribution is 6.37. The molecule has 6 heterocycles. The third kappa shape index (κ3) is 9.24. The molecule has 63 heavy (non-hydrogen) atoms. The predicted octanol–water partition coefficient (Wildman–Crippen LogP) is 12.9. The molecular formula is C56H53N5O2. The second-order valence-electron chi connectivity index (χ2n) is 17.0. The first kappa shape index (κ1) is 41.2. The van der Waals surface area contributed by atoms with E-state index in [1.807, 2.05) is 0 Å². The summed E-state index contributed by atoms with van der Waals surface area (Å²) in [6, 6.07) is 30.3. The maximum atomic E-state index is 10.8. The van der Waals surface area contributed by atoms with Crippen LogP contribution < -0.4 is 0 Å². The van der Waals surface area contributed by atoms with Crippen molar-refractivity contribution < 1.29 is 9.90 Å². The van der Waals surface area contributed by atoms with Gasteiger partial charge in [-0.2, -0.15) is 0 Å². The van der Waals surface area contributed by atoms with E-state index in [1.165, 1.54) is 23.1 Å². The number of hydrogen-bond acceptors (Lipinski definition) is 5. The number of carboxylic acids is 1. The zero-order valence-corrected chi connectivity index (χ0v) is 36.4. The smallest absolute Gasteiger partial charge is 0.303 e. The Morgan fingerprint density at radius 2 is 0.873 bits per heavy atom. The van der Waals surface area contributed by atoms with Crippen molar-refractivity contribution in [3.05, 3.63) is 213 Å². The van der Waals surface area contributed by atoms with Gasteiger partial charge in [-0.05, 0) is 117 Å². The molecule has 3 aromatic carbocycles. The summed E-state index contributed by atoms with van der Waals surface area (Å²) in [6.45, 7) is 7.28. The van der Waals surface area contributed by atoms with Gasteiger partial charge in [0.15, 0.2) is 0 Å². The molecule has 4 aromatic rings. The molecule has 5 aliphatic rings. The van der Waals surface area contributed by atoms with Crippen LogP contribution in [0.25, 0.3) is 22.3 Å². The summed E-state index contributed by atoms with van der Waals surface area (Å²) in [6.07, 6.45) is 29.3. The Kier molecular flexibility index (Phi) is 12.1. The van der Waals surface area contributed by atoms with E-state index < -0.39 is 5.97 Å². The average molecular weight is 828 g/mol. The third-order valence-electron chi connectivity index (χ3n) is 12.2. The molecule has 0 aliphatic carbocycles. The number of fused-ring (bicyclic) bond motifs is 5. The minimum absolute atomic E-state index is 0.272.